The minimum Gasteiger partial charge on any atom is -0.339 e. The van der Waals surface area contributed by atoms with Crippen LogP contribution in [0.3, 0.4) is 0 Å². The van der Waals surface area contributed by atoms with E-state index in [0.29, 0.717) is 25.2 Å². The van der Waals surface area contributed by atoms with Gasteiger partial charge in [0, 0.05) is 45.3 Å². The Morgan fingerprint density at radius 1 is 1.00 bits per heavy atom. The molecule has 1 unspecified atom stereocenters. The van der Waals surface area contributed by atoms with Crippen molar-refractivity contribution in [2.24, 2.45) is 0 Å². The van der Waals surface area contributed by atoms with Crippen molar-refractivity contribution < 1.29 is 14.0 Å². The second-order valence-corrected chi connectivity index (χ2v) is 7.11. The fourth-order valence-electron chi connectivity index (χ4n) is 3.43. The minimum absolute atomic E-state index is 0.0910. The Labute approximate surface area is 165 Å². The molecule has 1 N–H and O–H groups in total. The molecule has 0 saturated carbocycles. The minimum atomic E-state index is -1.60. The quantitative estimate of drug-likeness (QED) is 0.861. The molecule has 0 aromatic heterocycles. The number of alkyl halides is 1. The lowest BCUT2D eigenvalue weighted by Gasteiger charge is -2.23. The maximum Gasteiger partial charge on any atom is 0.261 e. The van der Waals surface area contributed by atoms with Crippen LogP contribution in [0, 0.1) is 0 Å². The van der Waals surface area contributed by atoms with E-state index in [-0.39, 0.29) is 5.91 Å². The molecule has 28 heavy (non-hydrogen) atoms. The van der Waals surface area contributed by atoms with Crippen LogP contribution in [0.25, 0.3) is 0 Å². The van der Waals surface area contributed by atoms with Gasteiger partial charge in [-0.3, -0.25) is 14.5 Å². The van der Waals surface area contributed by atoms with E-state index in [2.05, 4.69) is 10.2 Å². The molecule has 3 rings (SSSR count). The Balaban J connectivity index is 1.54. The van der Waals surface area contributed by atoms with Gasteiger partial charge in [0.2, 0.25) is 12.1 Å². The first-order valence-corrected chi connectivity index (χ1v) is 9.59. The van der Waals surface area contributed by atoms with E-state index < -0.39 is 12.1 Å². The van der Waals surface area contributed by atoms with Crippen LogP contribution in [0.5, 0.6) is 0 Å². The summed E-state index contributed by atoms with van der Waals surface area (Å²) in [6, 6.07) is 16.4. The number of nitrogens with zero attached hydrogens (tertiary/aromatic N) is 2. The molecule has 0 aliphatic carbocycles. The zero-order valence-electron chi connectivity index (χ0n) is 16.1. The lowest BCUT2D eigenvalue weighted by Crippen LogP contribution is -2.37. The Morgan fingerprint density at radius 3 is 2.39 bits per heavy atom. The predicted molar refractivity (Wildman–Crippen MR) is 108 cm³/mol. The van der Waals surface area contributed by atoms with E-state index in [9.17, 15) is 14.0 Å². The van der Waals surface area contributed by atoms with Crippen molar-refractivity contribution in [2.45, 2.75) is 26.1 Å². The molecule has 0 bridgehead atoms. The van der Waals surface area contributed by atoms with Crippen LogP contribution in [0.4, 0.5) is 10.1 Å². The van der Waals surface area contributed by atoms with Crippen molar-refractivity contribution >= 4 is 17.5 Å². The lowest BCUT2D eigenvalue weighted by atomic mass is 10.1. The number of carbonyl (C=O) groups is 2. The Morgan fingerprint density at radius 2 is 1.71 bits per heavy atom. The van der Waals surface area contributed by atoms with E-state index in [0.717, 1.165) is 30.8 Å². The summed E-state index contributed by atoms with van der Waals surface area (Å²) < 4.78 is 14.6. The molecule has 5 nitrogen and oxygen atoms in total. The van der Waals surface area contributed by atoms with Crippen molar-refractivity contribution in [3.05, 3.63) is 65.7 Å². The highest BCUT2D eigenvalue weighted by Crippen LogP contribution is 2.21. The summed E-state index contributed by atoms with van der Waals surface area (Å²) in [7, 11) is 0. The number of carbonyl (C=O) groups excluding carboxylic acids is 2. The third-order valence-electron chi connectivity index (χ3n) is 4.89. The molecular formula is C22H26FN3O2. The van der Waals surface area contributed by atoms with Crippen molar-refractivity contribution in [1.82, 2.24) is 9.80 Å². The Hall–Kier alpha value is -2.73. The highest BCUT2D eigenvalue weighted by atomic mass is 19.1. The van der Waals surface area contributed by atoms with Crippen molar-refractivity contribution in [1.29, 1.82) is 0 Å². The van der Waals surface area contributed by atoms with E-state index in [1.807, 2.05) is 30.3 Å². The summed E-state index contributed by atoms with van der Waals surface area (Å²) in [5, 5.41) is 2.76. The maximum atomic E-state index is 14.6. The number of hydrogen-bond acceptors (Lipinski definition) is 3. The van der Waals surface area contributed by atoms with Gasteiger partial charge in [0.05, 0.1) is 0 Å². The van der Waals surface area contributed by atoms with Crippen LogP contribution in [-0.4, -0.2) is 47.8 Å². The van der Waals surface area contributed by atoms with Gasteiger partial charge in [-0.05, 0) is 29.7 Å². The molecule has 1 aliphatic rings. The summed E-state index contributed by atoms with van der Waals surface area (Å²) in [6.07, 6.45) is -0.786. The van der Waals surface area contributed by atoms with Gasteiger partial charge in [-0.1, -0.05) is 42.5 Å². The smallest absolute Gasteiger partial charge is 0.261 e. The molecule has 0 spiro atoms. The van der Waals surface area contributed by atoms with Crippen molar-refractivity contribution in [2.75, 3.05) is 31.5 Å². The summed E-state index contributed by atoms with van der Waals surface area (Å²) in [6.45, 7) is 4.92. The van der Waals surface area contributed by atoms with Gasteiger partial charge in [-0.15, -0.1) is 0 Å². The molecule has 1 heterocycles. The van der Waals surface area contributed by atoms with E-state index >= 15 is 0 Å². The molecule has 0 radical (unpaired) electrons. The van der Waals surface area contributed by atoms with Crippen LogP contribution in [0.2, 0.25) is 0 Å². The Bertz CT molecular complexity index is 795. The first kappa shape index (κ1) is 20.0. The van der Waals surface area contributed by atoms with Crippen LogP contribution in [0.15, 0.2) is 54.6 Å². The van der Waals surface area contributed by atoms with Gasteiger partial charge >= 0.3 is 0 Å². The number of amides is 2. The molecule has 1 saturated heterocycles. The highest BCUT2D eigenvalue weighted by molar-refractivity contribution is 5.88. The molecule has 2 aromatic rings. The first-order chi connectivity index (χ1) is 13.5. The highest BCUT2D eigenvalue weighted by Gasteiger charge is 2.27. The van der Waals surface area contributed by atoms with Crippen molar-refractivity contribution in [3.8, 4) is 0 Å². The van der Waals surface area contributed by atoms with Crippen LogP contribution in [-0.2, 0) is 16.1 Å². The van der Waals surface area contributed by atoms with Gasteiger partial charge in [0.25, 0.3) is 5.91 Å². The molecule has 1 aliphatic heterocycles. The van der Waals surface area contributed by atoms with Gasteiger partial charge in [0.1, 0.15) is 0 Å². The van der Waals surface area contributed by atoms with Gasteiger partial charge < -0.3 is 10.2 Å². The van der Waals surface area contributed by atoms with Gasteiger partial charge in [-0.2, -0.15) is 0 Å². The monoisotopic (exact) mass is 383 g/mol. The second-order valence-electron chi connectivity index (χ2n) is 7.11. The predicted octanol–water partition coefficient (Wildman–Crippen LogP) is 3.39. The maximum absolute atomic E-state index is 14.6. The number of nitrogens with one attached hydrogen (secondary N) is 1. The Kier molecular flexibility index (Phi) is 6.76. The number of halogens is 1. The van der Waals surface area contributed by atoms with Gasteiger partial charge in [0.15, 0.2) is 0 Å². The van der Waals surface area contributed by atoms with Crippen LogP contribution in [0.1, 0.15) is 30.6 Å². The molecule has 1 fully saturated rings. The summed E-state index contributed by atoms with van der Waals surface area (Å²) >= 11 is 0. The molecule has 2 aromatic carbocycles. The molecule has 6 heteroatoms. The largest absolute Gasteiger partial charge is 0.339 e. The summed E-state index contributed by atoms with van der Waals surface area (Å²) in [4.78, 5) is 27.5. The number of hydrogen-bond donors (Lipinski definition) is 1. The fraction of sp³-hybridized carbons (Fsp3) is 0.364. The normalized spacial score (nSPS) is 16.3. The average Bonchev–Trinajstić information content (AvgIpc) is 2.94. The van der Waals surface area contributed by atoms with Crippen LogP contribution >= 0.6 is 0 Å². The average molecular weight is 383 g/mol. The van der Waals surface area contributed by atoms with E-state index in [1.165, 1.54) is 6.92 Å². The second kappa shape index (κ2) is 9.46. The fourth-order valence-corrected chi connectivity index (χ4v) is 3.43. The topological polar surface area (TPSA) is 52.7 Å². The lowest BCUT2D eigenvalue weighted by molar-refractivity contribution is -0.136. The standard InChI is InChI=1S/C22H26FN3O2/c1-17(27)24-20-10-8-18(9-11-20)16-25-12-5-13-26(15-14-25)22(28)21(23)19-6-3-2-4-7-19/h2-4,6-11,21H,5,12-16H2,1H3,(H,24,27). The van der Waals surface area contributed by atoms with Crippen LogP contribution < -0.4 is 5.32 Å². The number of benzene rings is 2. The number of rotatable bonds is 5. The number of anilines is 1. The zero-order valence-corrected chi connectivity index (χ0v) is 16.1. The first-order valence-electron chi connectivity index (χ1n) is 9.59. The molecule has 148 valence electrons. The third-order valence-corrected chi connectivity index (χ3v) is 4.89. The summed E-state index contributed by atoms with van der Waals surface area (Å²) in [5.74, 6) is -0.542. The van der Waals surface area contributed by atoms with Crippen molar-refractivity contribution in [3.63, 3.8) is 0 Å². The molecule has 2 amide bonds. The SMILES string of the molecule is CC(=O)Nc1ccc(CN2CCCN(C(=O)C(F)c3ccccc3)CC2)cc1. The third kappa shape index (κ3) is 5.39. The summed E-state index contributed by atoms with van der Waals surface area (Å²) in [5.41, 5.74) is 2.33. The molecule has 1 atom stereocenters. The zero-order chi connectivity index (χ0) is 19.9. The van der Waals surface area contributed by atoms with E-state index in [1.54, 1.807) is 29.2 Å². The molecular weight excluding hydrogens is 357 g/mol. The van der Waals surface area contributed by atoms with Gasteiger partial charge in [-0.25, -0.2) is 4.39 Å². The van der Waals surface area contributed by atoms with E-state index in [4.69, 9.17) is 0 Å².